The van der Waals surface area contributed by atoms with E-state index in [4.69, 9.17) is 0 Å². The number of esters is 2. The smallest absolute Gasteiger partial charge is 0.339 e. The van der Waals surface area contributed by atoms with Gasteiger partial charge >= 0.3 is 11.9 Å². The lowest BCUT2D eigenvalue weighted by Crippen LogP contribution is -2.36. The van der Waals surface area contributed by atoms with Gasteiger partial charge in [0.25, 0.3) is 0 Å². The molecule has 0 unspecified atom stereocenters. The Balaban J connectivity index is 2.34. The number of methoxy groups -OCH3 is 2. The van der Waals surface area contributed by atoms with Crippen LogP contribution in [0.4, 0.5) is 5.82 Å². The van der Waals surface area contributed by atoms with E-state index in [0.717, 1.165) is 30.7 Å². The highest BCUT2D eigenvalue weighted by Crippen LogP contribution is 2.23. The van der Waals surface area contributed by atoms with Crippen LogP contribution in [0, 0.1) is 6.92 Å². The molecule has 1 aromatic carbocycles. The van der Waals surface area contributed by atoms with Gasteiger partial charge in [0.1, 0.15) is 5.82 Å². The maximum atomic E-state index is 13.0. The molecule has 0 atom stereocenters. The number of amides is 1. The van der Waals surface area contributed by atoms with E-state index >= 15 is 0 Å². The topological polar surface area (TPSA) is 132 Å². The van der Waals surface area contributed by atoms with Crippen molar-refractivity contribution in [3.8, 4) is 0 Å². The Morgan fingerprint density at radius 2 is 1.73 bits per heavy atom. The number of nitrogens with one attached hydrogen (secondary N) is 1. The van der Waals surface area contributed by atoms with Crippen LogP contribution in [-0.4, -0.2) is 63.4 Å². The summed E-state index contributed by atoms with van der Waals surface area (Å²) >= 11 is 0. The first-order valence-electron chi connectivity index (χ1n) is 8.60. The Morgan fingerprint density at radius 1 is 1.07 bits per heavy atom. The number of aryl methyl sites for hydroxylation is 1. The van der Waals surface area contributed by atoms with Gasteiger partial charge in [0, 0.05) is 12.7 Å². The average Bonchev–Trinajstić information content (AvgIpc) is 2.71. The molecule has 0 fully saturated rings. The largest absolute Gasteiger partial charge is 0.465 e. The number of ether oxygens (including phenoxy) is 2. The van der Waals surface area contributed by atoms with Gasteiger partial charge in [-0.3, -0.25) is 4.79 Å². The summed E-state index contributed by atoms with van der Waals surface area (Å²) in [4.78, 5) is 39.8. The van der Waals surface area contributed by atoms with Crippen molar-refractivity contribution in [2.45, 2.75) is 11.8 Å². The molecule has 0 aliphatic carbocycles. The Bertz CT molecular complexity index is 1080. The highest BCUT2D eigenvalue weighted by atomic mass is 32.2. The molecule has 0 saturated carbocycles. The van der Waals surface area contributed by atoms with Crippen LogP contribution in [-0.2, 0) is 24.3 Å². The van der Waals surface area contributed by atoms with Crippen molar-refractivity contribution in [1.29, 1.82) is 0 Å². The Hall–Kier alpha value is -3.31. The number of anilines is 1. The van der Waals surface area contributed by atoms with Crippen LogP contribution in [0.1, 0.15) is 26.4 Å². The van der Waals surface area contributed by atoms with Crippen molar-refractivity contribution in [3.05, 3.63) is 53.2 Å². The number of likely N-dealkylation sites (N-methyl/N-ethyl adjacent to an activating group) is 1. The number of pyridine rings is 1. The number of carbonyl (C=O) groups excluding carboxylic acids is 3. The molecule has 0 spiro atoms. The van der Waals surface area contributed by atoms with E-state index < -0.39 is 39.3 Å². The summed E-state index contributed by atoms with van der Waals surface area (Å²) in [5.41, 5.74) is 0.319. The minimum atomic E-state index is -4.34. The zero-order valence-corrected chi connectivity index (χ0v) is 17.6. The molecule has 11 heteroatoms. The Morgan fingerprint density at radius 3 is 2.33 bits per heavy atom. The van der Waals surface area contributed by atoms with Crippen molar-refractivity contribution in [2.24, 2.45) is 0 Å². The molecule has 2 rings (SSSR count). The van der Waals surface area contributed by atoms with Crippen molar-refractivity contribution in [3.63, 3.8) is 0 Å². The van der Waals surface area contributed by atoms with Crippen molar-refractivity contribution >= 4 is 33.7 Å². The monoisotopic (exact) mass is 435 g/mol. The molecule has 1 amide bonds. The Labute approximate surface area is 173 Å². The number of rotatable bonds is 7. The summed E-state index contributed by atoms with van der Waals surface area (Å²) < 4.78 is 36.1. The summed E-state index contributed by atoms with van der Waals surface area (Å²) in [5.74, 6) is -2.06. The van der Waals surface area contributed by atoms with Crippen LogP contribution in [0.3, 0.4) is 0 Å². The van der Waals surface area contributed by atoms with Crippen molar-refractivity contribution in [1.82, 2.24) is 9.29 Å². The number of nitrogens with zero attached hydrogens (tertiary/aromatic N) is 2. The molecule has 1 N–H and O–H groups in total. The van der Waals surface area contributed by atoms with Crippen molar-refractivity contribution in [2.75, 3.05) is 33.1 Å². The third-order valence-corrected chi connectivity index (χ3v) is 5.86. The maximum absolute atomic E-state index is 13.0. The Kier molecular flexibility index (Phi) is 7.24. The summed E-state index contributed by atoms with van der Waals surface area (Å²) in [5, 5.41) is 2.50. The molecular weight excluding hydrogens is 414 g/mol. The van der Waals surface area contributed by atoms with Gasteiger partial charge in [-0.1, -0.05) is 6.07 Å². The van der Waals surface area contributed by atoms with E-state index in [1.807, 2.05) is 0 Å². The highest BCUT2D eigenvalue weighted by Gasteiger charge is 2.30. The number of aromatic nitrogens is 1. The zero-order chi connectivity index (χ0) is 22.5. The van der Waals surface area contributed by atoms with Gasteiger partial charge in [-0.15, -0.1) is 0 Å². The van der Waals surface area contributed by atoms with Crippen LogP contribution < -0.4 is 5.32 Å². The van der Waals surface area contributed by atoms with Crippen LogP contribution in [0.15, 0.2) is 41.3 Å². The second kappa shape index (κ2) is 9.46. The summed E-state index contributed by atoms with van der Waals surface area (Å²) in [6.45, 7) is 1.19. The fourth-order valence-corrected chi connectivity index (χ4v) is 3.84. The molecule has 1 heterocycles. The predicted molar refractivity (Wildman–Crippen MR) is 107 cm³/mol. The minimum Gasteiger partial charge on any atom is -0.465 e. The second-order valence-corrected chi connectivity index (χ2v) is 8.18. The fraction of sp³-hybridized carbons (Fsp3) is 0.263. The summed E-state index contributed by atoms with van der Waals surface area (Å²) in [6, 6.07) is 8.40. The lowest BCUT2D eigenvalue weighted by atomic mass is 10.1. The normalized spacial score (nSPS) is 11.1. The van der Waals surface area contributed by atoms with E-state index in [0.29, 0.717) is 5.69 Å². The number of benzene rings is 1. The van der Waals surface area contributed by atoms with Gasteiger partial charge < -0.3 is 14.8 Å². The van der Waals surface area contributed by atoms with Gasteiger partial charge in [-0.2, -0.15) is 4.31 Å². The van der Waals surface area contributed by atoms with Gasteiger partial charge in [0.15, 0.2) is 0 Å². The third kappa shape index (κ3) is 5.19. The predicted octanol–water partition coefficient (Wildman–Crippen LogP) is 1.22. The fourth-order valence-electron chi connectivity index (χ4n) is 2.51. The summed E-state index contributed by atoms with van der Waals surface area (Å²) in [7, 11) is -0.934. The second-order valence-electron chi connectivity index (χ2n) is 6.17. The standard InChI is InChI=1S/C19H21N3O7S/c1-12-6-5-7-16(20-12)21-17(23)11-22(2)30(26,27)15-10-13(18(24)28-3)8-9-14(15)19(25)29-4/h5-10H,11H2,1-4H3,(H,20,21,23). The molecule has 0 aliphatic heterocycles. The molecule has 0 saturated heterocycles. The summed E-state index contributed by atoms with van der Waals surface area (Å²) in [6.07, 6.45) is 0. The van der Waals surface area contributed by atoms with Gasteiger partial charge in [-0.25, -0.2) is 23.0 Å². The first kappa shape index (κ1) is 23.0. The molecule has 0 aliphatic rings. The van der Waals surface area contributed by atoms with Crippen LogP contribution in [0.2, 0.25) is 0 Å². The average molecular weight is 435 g/mol. The van der Waals surface area contributed by atoms with E-state index in [2.05, 4.69) is 19.8 Å². The first-order chi connectivity index (χ1) is 14.1. The lowest BCUT2D eigenvalue weighted by molar-refractivity contribution is -0.116. The number of hydrogen-bond acceptors (Lipinski definition) is 8. The van der Waals surface area contributed by atoms with Gasteiger partial charge in [0.2, 0.25) is 15.9 Å². The SMILES string of the molecule is COC(=O)c1ccc(C(=O)OC)c(S(=O)(=O)N(C)CC(=O)Nc2cccc(C)n2)c1. The zero-order valence-electron chi connectivity index (χ0n) is 16.8. The molecule has 1 aromatic heterocycles. The highest BCUT2D eigenvalue weighted by molar-refractivity contribution is 7.89. The third-order valence-electron chi connectivity index (χ3n) is 4.02. The molecule has 0 radical (unpaired) electrons. The van der Waals surface area contributed by atoms with Crippen LogP contribution >= 0.6 is 0 Å². The van der Waals surface area contributed by atoms with Gasteiger partial charge in [0.05, 0.1) is 36.8 Å². The molecular formula is C19H21N3O7S. The first-order valence-corrected chi connectivity index (χ1v) is 10.0. The molecule has 30 heavy (non-hydrogen) atoms. The molecule has 10 nitrogen and oxygen atoms in total. The van der Waals surface area contributed by atoms with Gasteiger partial charge in [-0.05, 0) is 37.3 Å². The minimum absolute atomic E-state index is 0.0782. The molecule has 2 aromatic rings. The van der Waals surface area contributed by atoms with E-state index in [9.17, 15) is 22.8 Å². The number of hydrogen-bond donors (Lipinski definition) is 1. The molecule has 0 bridgehead atoms. The lowest BCUT2D eigenvalue weighted by Gasteiger charge is -2.19. The molecule has 160 valence electrons. The van der Waals surface area contributed by atoms with E-state index in [1.54, 1.807) is 25.1 Å². The van der Waals surface area contributed by atoms with E-state index in [1.165, 1.54) is 13.1 Å². The maximum Gasteiger partial charge on any atom is 0.339 e. The number of sulfonamides is 1. The number of carbonyl (C=O) groups is 3. The van der Waals surface area contributed by atoms with Crippen molar-refractivity contribution < 1.29 is 32.3 Å². The van der Waals surface area contributed by atoms with Crippen LogP contribution in [0.25, 0.3) is 0 Å². The van der Waals surface area contributed by atoms with E-state index in [-0.39, 0.29) is 16.9 Å². The quantitative estimate of drug-likeness (QED) is 0.642. The van der Waals surface area contributed by atoms with Crippen LogP contribution in [0.5, 0.6) is 0 Å².